The van der Waals surface area contributed by atoms with E-state index in [-0.39, 0.29) is 0 Å². The highest BCUT2D eigenvalue weighted by Crippen LogP contribution is 2.43. The topological polar surface area (TPSA) is 0 Å². The van der Waals surface area contributed by atoms with Gasteiger partial charge < -0.3 is 0 Å². The maximum atomic E-state index is 4.26. The average Bonchev–Trinajstić information content (AvgIpc) is 2.13. The van der Waals surface area contributed by atoms with Crippen molar-refractivity contribution in [1.82, 2.24) is 0 Å². The minimum absolute atomic E-state index is 0.530. The van der Waals surface area contributed by atoms with E-state index in [0.717, 1.165) is 11.7 Å². The first-order valence-corrected chi connectivity index (χ1v) is 5.53. The third-order valence-electron chi connectivity index (χ3n) is 2.40. The molecular weight excluding hydrogens is 160 g/mol. The first-order chi connectivity index (χ1) is 4.67. The highest BCUT2D eigenvalue weighted by atomic mass is 32.2. The molecule has 0 spiro atoms. The summed E-state index contributed by atoms with van der Waals surface area (Å²) in [7, 11) is 0. The molecule has 0 aliphatic carbocycles. The molecule has 1 fully saturated rings. The monoisotopic (exact) mass is 176 g/mol. The van der Waals surface area contributed by atoms with Gasteiger partial charge in [-0.2, -0.15) is 24.4 Å². The summed E-state index contributed by atoms with van der Waals surface area (Å²) in [4.78, 5) is 0. The Bertz CT molecular complexity index is 110. The zero-order valence-corrected chi connectivity index (χ0v) is 8.47. The Kier molecular flexibility index (Phi) is 2.99. The standard InChI is InChI=1S/C8H16S2/c1-8(2)7(3-5-9)4-6-10-8/h7,9H,3-6H2,1-2H3. The highest BCUT2D eigenvalue weighted by molar-refractivity contribution is 8.00. The van der Waals surface area contributed by atoms with E-state index in [4.69, 9.17) is 0 Å². The lowest BCUT2D eigenvalue weighted by Crippen LogP contribution is -2.22. The minimum Gasteiger partial charge on any atom is -0.179 e. The van der Waals surface area contributed by atoms with Gasteiger partial charge in [-0.3, -0.25) is 0 Å². The Hall–Kier alpha value is 0.700. The molecular formula is C8H16S2. The van der Waals surface area contributed by atoms with Crippen molar-refractivity contribution in [2.75, 3.05) is 11.5 Å². The van der Waals surface area contributed by atoms with E-state index in [2.05, 4.69) is 38.2 Å². The van der Waals surface area contributed by atoms with Crippen LogP contribution in [0.5, 0.6) is 0 Å². The van der Waals surface area contributed by atoms with Gasteiger partial charge >= 0.3 is 0 Å². The molecule has 0 aromatic carbocycles. The number of thioether (sulfide) groups is 1. The van der Waals surface area contributed by atoms with E-state index >= 15 is 0 Å². The summed E-state index contributed by atoms with van der Waals surface area (Å²) in [6.45, 7) is 4.72. The van der Waals surface area contributed by atoms with E-state index < -0.39 is 0 Å². The Morgan fingerprint density at radius 2 is 2.30 bits per heavy atom. The zero-order chi connectivity index (χ0) is 7.61. The molecule has 1 rings (SSSR count). The Balaban J connectivity index is 2.43. The van der Waals surface area contributed by atoms with Crippen molar-refractivity contribution in [2.45, 2.75) is 31.4 Å². The minimum atomic E-state index is 0.530. The van der Waals surface area contributed by atoms with Crippen LogP contribution in [0.4, 0.5) is 0 Å². The van der Waals surface area contributed by atoms with Gasteiger partial charge in [-0.05, 0) is 30.3 Å². The quantitative estimate of drug-likeness (QED) is 0.631. The predicted molar refractivity (Wildman–Crippen MR) is 53.1 cm³/mol. The molecule has 0 radical (unpaired) electrons. The molecule has 2 heteroatoms. The van der Waals surface area contributed by atoms with Crippen LogP contribution in [0.1, 0.15) is 26.7 Å². The largest absolute Gasteiger partial charge is 0.179 e. The van der Waals surface area contributed by atoms with E-state index in [1.54, 1.807) is 0 Å². The molecule has 1 atom stereocenters. The van der Waals surface area contributed by atoms with Crippen molar-refractivity contribution in [3.63, 3.8) is 0 Å². The van der Waals surface area contributed by atoms with Crippen LogP contribution in [0.3, 0.4) is 0 Å². The molecule has 1 saturated heterocycles. The van der Waals surface area contributed by atoms with Crippen LogP contribution in [0.15, 0.2) is 0 Å². The lowest BCUT2D eigenvalue weighted by Gasteiger charge is -2.25. The smallest absolute Gasteiger partial charge is 0.0132 e. The lowest BCUT2D eigenvalue weighted by molar-refractivity contribution is 0.426. The molecule has 1 heterocycles. The van der Waals surface area contributed by atoms with E-state index in [9.17, 15) is 0 Å². The molecule has 1 aliphatic rings. The first-order valence-electron chi connectivity index (χ1n) is 3.91. The molecule has 0 saturated carbocycles. The van der Waals surface area contributed by atoms with Gasteiger partial charge in [-0.1, -0.05) is 13.8 Å². The van der Waals surface area contributed by atoms with Gasteiger partial charge in [-0.15, -0.1) is 0 Å². The molecule has 1 unspecified atom stereocenters. The SMILES string of the molecule is CC1(C)SCCC1CCS. The fourth-order valence-electron chi connectivity index (χ4n) is 1.58. The predicted octanol–water partition coefficient (Wildman–Crippen LogP) is 2.84. The van der Waals surface area contributed by atoms with Crippen molar-refractivity contribution in [3.8, 4) is 0 Å². The van der Waals surface area contributed by atoms with Crippen LogP contribution in [0.2, 0.25) is 0 Å². The second-order valence-electron chi connectivity index (χ2n) is 3.45. The summed E-state index contributed by atoms with van der Waals surface area (Å²) < 4.78 is 0.530. The van der Waals surface area contributed by atoms with Crippen molar-refractivity contribution in [1.29, 1.82) is 0 Å². The van der Waals surface area contributed by atoms with E-state index in [0.29, 0.717) is 4.75 Å². The van der Waals surface area contributed by atoms with E-state index in [1.165, 1.54) is 18.6 Å². The van der Waals surface area contributed by atoms with Gasteiger partial charge in [0.2, 0.25) is 0 Å². The number of hydrogen-bond donors (Lipinski definition) is 1. The summed E-state index contributed by atoms with van der Waals surface area (Å²) >= 11 is 6.38. The summed E-state index contributed by atoms with van der Waals surface area (Å²) in [5, 5.41) is 0. The zero-order valence-electron chi connectivity index (χ0n) is 6.76. The Morgan fingerprint density at radius 3 is 2.70 bits per heavy atom. The highest BCUT2D eigenvalue weighted by Gasteiger charge is 2.34. The third kappa shape index (κ3) is 1.85. The summed E-state index contributed by atoms with van der Waals surface area (Å²) in [5.74, 6) is 3.31. The fourth-order valence-corrected chi connectivity index (χ4v) is 3.29. The molecule has 0 bridgehead atoms. The molecule has 0 aromatic heterocycles. The van der Waals surface area contributed by atoms with Crippen molar-refractivity contribution in [2.24, 2.45) is 5.92 Å². The second-order valence-corrected chi connectivity index (χ2v) is 5.65. The maximum Gasteiger partial charge on any atom is 0.0132 e. The van der Waals surface area contributed by atoms with Gasteiger partial charge in [0.25, 0.3) is 0 Å². The number of hydrogen-bond acceptors (Lipinski definition) is 2. The Morgan fingerprint density at radius 1 is 1.60 bits per heavy atom. The molecule has 60 valence electrons. The number of rotatable bonds is 2. The maximum absolute atomic E-state index is 4.26. The van der Waals surface area contributed by atoms with Gasteiger partial charge in [-0.25, -0.2) is 0 Å². The molecule has 10 heavy (non-hydrogen) atoms. The van der Waals surface area contributed by atoms with E-state index in [1.807, 2.05) is 0 Å². The van der Waals surface area contributed by atoms with Gasteiger partial charge in [0.1, 0.15) is 0 Å². The molecule has 0 aromatic rings. The van der Waals surface area contributed by atoms with Crippen LogP contribution in [0.25, 0.3) is 0 Å². The van der Waals surface area contributed by atoms with Gasteiger partial charge in [0.05, 0.1) is 0 Å². The summed E-state index contributed by atoms with van der Waals surface area (Å²) in [6, 6.07) is 0. The summed E-state index contributed by atoms with van der Waals surface area (Å²) in [6.07, 6.45) is 2.70. The first kappa shape index (κ1) is 8.79. The van der Waals surface area contributed by atoms with Crippen LogP contribution in [-0.4, -0.2) is 16.3 Å². The molecule has 1 aliphatic heterocycles. The van der Waals surface area contributed by atoms with Crippen molar-refractivity contribution < 1.29 is 0 Å². The van der Waals surface area contributed by atoms with Crippen LogP contribution < -0.4 is 0 Å². The third-order valence-corrected chi connectivity index (χ3v) is 4.18. The normalized spacial score (nSPS) is 30.9. The second kappa shape index (κ2) is 3.40. The lowest BCUT2D eigenvalue weighted by atomic mass is 9.90. The molecule has 0 amide bonds. The molecule has 0 nitrogen and oxygen atoms in total. The van der Waals surface area contributed by atoms with Crippen LogP contribution >= 0.6 is 24.4 Å². The number of thiol groups is 1. The summed E-state index contributed by atoms with van der Waals surface area (Å²) in [5.41, 5.74) is 0. The fraction of sp³-hybridized carbons (Fsp3) is 1.00. The molecule has 0 N–H and O–H groups in total. The van der Waals surface area contributed by atoms with Crippen LogP contribution in [0, 0.1) is 5.92 Å². The Labute approximate surface area is 73.6 Å². The van der Waals surface area contributed by atoms with Crippen molar-refractivity contribution in [3.05, 3.63) is 0 Å². The van der Waals surface area contributed by atoms with Crippen molar-refractivity contribution >= 4 is 24.4 Å². The van der Waals surface area contributed by atoms with Crippen LogP contribution in [-0.2, 0) is 0 Å². The average molecular weight is 176 g/mol. The van der Waals surface area contributed by atoms with Gasteiger partial charge in [0.15, 0.2) is 0 Å². The van der Waals surface area contributed by atoms with Gasteiger partial charge in [0, 0.05) is 4.75 Å².